The fourth-order valence-corrected chi connectivity index (χ4v) is 2.17. The molecule has 1 fully saturated rings. The average Bonchev–Trinajstić information content (AvgIpc) is 2.82. The van der Waals surface area contributed by atoms with Crippen molar-refractivity contribution in [3.05, 3.63) is 11.8 Å². The molecule has 4 N–H and O–H groups in total. The molecule has 0 aromatic carbocycles. The number of carbonyl (C=O) groups is 1. The van der Waals surface area contributed by atoms with Crippen molar-refractivity contribution >= 4 is 11.7 Å². The minimum absolute atomic E-state index is 0.202. The molecule has 0 aliphatic heterocycles. The molecule has 100 valence electrons. The zero-order chi connectivity index (χ0) is 12.8. The highest BCUT2D eigenvalue weighted by atomic mass is 16.5. The number of H-pyrrole nitrogens is 1. The molecule has 6 nitrogen and oxygen atoms in total. The number of nitrogens with zero attached hydrogens (tertiary/aromatic N) is 1. The van der Waals surface area contributed by atoms with Crippen LogP contribution in [0.1, 0.15) is 42.6 Å². The molecule has 1 saturated carbocycles. The number of nitrogens with two attached hydrogens (primary N) is 1. The van der Waals surface area contributed by atoms with Gasteiger partial charge < -0.3 is 15.8 Å². The molecule has 0 radical (unpaired) electrons. The van der Waals surface area contributed by atoms with Crippen LogP contribution in [0, 0.1) is 0 Å². The van der Waals surface area contributed by atoms with Crippen LogP contribution in [-0.4, -0.2) is 35.4 Å². The standard InChI is InChI=1S/C12H20N4O2/c13-11-8-10(15-16-11)12(17)14-6-7-18-9-4-2-1-3-5-9/h8-9H,1-7H2,(H,14,17)(H3,13,15,16). The van der Waals surface area contributed by atoms with Gasteiger partial charge in [-0.05, 0) is 12.8 Å². The third kappa shape index (κ3) is 3.73. The van der Waals surface area contributed by atoms with Crippen molar-refractivity contribution in [2.75, 3.05) is 18.9 Å². The Bertz CT molecular complexity index is 385. The molecule has 0 saturated heterocycles. The summed E-state index contributed by atoms with van der Waals surface area (Å²) in [6.45, 7) is 1.06. The van der Waals surface area contributed by atoms with Gasteiger partial charge >= 0.3 is 0 Å². The third-order valence-electron chi connectivity index (χ3n) is 3.14. The second-order valence-corrected chi connectivity index (χ2v) is 4.59. The maximum absolute atomic E-state index is 11.6. The molecular formula is C12H20N4O2. The molecule has 1 heterocycles. The Labute approximate surface area is 106 Å². The van der Waals surface area contributed by atoms with Crippen molar-refractivity contribution in [2.45, 2.75) is 38.2 Å². The lowest BCUT2D eigenvalue weighted by Gasteiger charge is -2.21. The Hall–Kier alpha value is -1.56. The van der Waals surface area contributed by atoms with Crippen LogP contribution in [0.2, 0.25) is 0 Å². The maximum atomic E-state index is 11.6. The Balaban J connectivity index is 1.61. The molecule has 2 rings (SSSR count). The number of anilines is 1. The maximum Gasteiger partial charge on any atom is 0.269 e. The van der Waals surface area contributed by atoms with E-state index in [1.807, 2.05) is 0 Å². The lowest BCUT2D eigenvalue weighted by atomic mass is 9.98. The number of nitrogens with one attached hydrogen (secondary N) is 2. The smallest absolute Gasteiger partial charge is 0.269 e. The Morgan fingerprint density at radius 2 is 2.28 bits per heavy atom. The van der Waals surface area contributed by atoms with Crippen molar-refractivity contribution in [2.24, 2.45) is 0 Å². The zero-order valence-corrected chi connectivity index (χ0v) is 10.4. The molecule has 6 heteroatoms. The summed E-state index contributed by atoms with van der Waals surface area (Å²) in [4.78, 5) is 11.6. The first kappa shape index (κ1) is 12.9. The van der Waals surface area contributed by atoms with Gasteiger partial charge in [0.05, 0.1) is 12.7 Å². The van der Waals surface area contributed by atoms with Crippen LogP contribution in [0.25, 0.3) is 0 Å². The van der Waals surface area contributed by atoms with Crippen LogP contribution < -0.4 is 11.1 Å². The van der Waals surface area contributed by atoms with Crippen LogP contribution in [0.3, 0.4) is 0 Å². The predicted molar refractivity (Wildman–Crippen MR) is 68.2 cm³/mol. The highest BCUT2D eigenvalue weighted by Gasteiger charge is 2.13. The van der Waals surface area contributed by atoms with E-state index in [1.54, 1.807) is 0 Å². The number of ether oxygens (including phenoxy) is 1. The largest absolute Gasteiger partial charge is 0.382 e. The van der Waals surface area contributed by atoms with Crippen molar-refractivity contribution in [3.8, 4) is 0 Å². The van der Waals surface area contributed by atoms with Gasteiger partial charge in [0.1, 0.15) is 11.5 Å². The molecule has 1 amide bonds. The first-order chi connectivity index (χ1) is 8.75. The minimum Gasteiger partial charge on any atom is -0.382 e. The van der Waals surface area contributed by atoms with Gasteiger partial charge in [0.15, 0.2) is 0 Å². The van der Waals surface area contributed by atoms with Crippen molar-refractivity contribution < 1.29 is 9.53 Å². The van der Waals surface area contributed by atoms with Crippen molar-refractivity contribution in [1.82, 2.24) is 15.5 Å². The summed E-state index contributed by atoms with van der Waals surface area (Å²) in [7, 11) is 0. The molecule has 0 atom stereocenters. The van der Waals surface area contributed by atoms with Gasteiger partial charge in [-0.3, -0.25) is 9.89 Å². The van der Waals surface area contributed by atoms with Gasteiger partial charge in [0, 0.05) is 12.6 Å². The van der Waals surface area contributed by atoms with Crippen LogP contribution in [-0.2, 0) is 4.74 Å². The van der Waals surface area contributed by atoms with E-state index >= 15 is 0 Å². The van der Waals surface area contributed by atoms with E-state index < -0.39 is 0 Å². The number of rotatable bonds is 5. The van der Waals surface area contributed by atoms with E-state index in [9.17, 15) is 4.79 Å². The number of aromatic nitrogens is 2. The average molecular weight is 252 g/mol. The van der Waals surface area contributed by atoms with Gasteiger partial charge in [-0.25, -0.2) is 0 Å². The molecule has 0 unspecified atom stereocenters. The summed E-state index contributed by atoms with van der Waals surface area (Å²) in [6, 6.07) is 1.51. The van der Waals surface area contributed by atoms with Gasteiger partial charge in [0.25, 0.3) is 5.91 Å². The van der Waals surface area contributed by atoms with E-state index in [2.05, 4.69) is 15.5 Å². The Morgan fingerprint density at radius 1 is 1.50 bits per heavy atom. The number of hydrogen-bond donors (Lipinski definition) is 3. The normalized spacial score (nSPS) is 16.7. The lowest BCUT2D eigenvalue weighted by Crippen LogP contribution is -2.29. The minimum atomic E-state index is -0.202. The zero-order valence-electron chi connectivity index (χ0n) is 10.4. The van der Waals surface area contributed by atoms with E-state index in [4.69, 9.17) is 10.5 Å². The summed E-state index contributed by atoms with van der Waals surface area (Å²) >= 11 is 0. The first-order valence-electron chi connectivity index (χ1n) is 6.46. The van der Waals surface area contributed by atoms with Crippen molar-refractivity contribution in [3.63, 3.8) is 0 Å². The van der Waals surface area contributed by atoms with Crippen LogP contribution in [0.4, 0.5) is 5.82 Å². The van der Waals surface area contributed by atoms with Gasteiger partial charge in [0.2, 0.25) is 0 Å². The van der Waals surface area contributed by atoms with E-state index in [0.717, 1.165) is 12.8 Å². The van der Waals surface area contributed by atoms with E-state index in [0.29, 0.717) is 30.8 Å². The number of nitrogen functional groups attached to an aromatic ring is 1. The fourth-order valence-electron chi connectivity index (χ4n) is 2.17. The van der Waals surface area contributed by atoms with Crippen molar-refractivity contribution in [1.29, 1.82) is 0 Å². The predicted octanol–water partition coefficient (Wildman–Crippen LogP) is 1.07. The molecular weight excluding hydrogens is 232 g/mol. The first-order valence-corrected chi connectivity index (χ1v) is 6.46. The summed E-state index contributed by atoms with van der Waals surface area (Å²) in [5, 5.41) is 9.03. The number of carbonyl (C=O) groups excluding carboxylic acids is 1. The molecule has 1 aliphatic carbocycles. The Morgan fingerprint density at radius 3 is 2.94 bits per heavy atom. The topological polar surface area (TPSA) is 93.0 Å². The molecule has 1 aliphatic rings. The summed E-state index contributed by atoms with van der Waals surface area (Å²) in [5.74, 6) is 0.116. The SMILES string of the molecule is Nc1cc(C(=O)NCCOC2CCCCC2)[nH]n1. The Kier molecular flexibility index (Phi) is 4.58. The third-order valence-corrected chi connectivity index (χ3v) is 3.14. The van der Waals surface area contributed by atoms with Crippen LogP contribution >= 0.6 is 0 Å². The highest BCUT2D eigenvalue weighted by Crippen LogP contribution is 2.19. The number of amides is 1. The quantitative estimate of drug-likeness (QED) is 0.683. The second kappa shape index (κ2) is 6.39. The highest BCUT2D eigenvalue weighted by molar-refractivity contribution is 5.92. The van der Waals surface area contributed by atoms with E-state index in [-0.39, 0.29) is 5.91 Å². The van der Waals surface area contributed by atoms with Gasteiger partial charge in [-0.1, -0.05) is 19.3 Å². The number of aromatic amines is 1. The van der Waals surface area contributed by atoms with Gasteiger partial charge in [-0.2, -0.15) is 5.10 Å². The van der Waals surface area contributed by atoms with Crippen LogP contribution in [0.15, 0.2) is 6.07 Å². The molecule has 0 bridgehead atoms. The monoisotopic (exact) mass is 252 g/mol. The van der Waals surface area contributed by atoms with E-state index in [1.165, 1.54) is 25.3 Å². The molecule has 1 aromatic rings. The number of hydrogen-bond acceptors (Lipinski definition) is 4. The molecule has 0 spiro atoms. The molecule has 1 aromatic heterocycles. The summed E-state index contributed by atoms with van der Waals surface area (Å²) in [6.07, 6.45) is 6.49. The second-order valence-electron chi connectivity index (χ2n) is 4.59. The molecule has 18 heavy (non-hydrogen) atoms. The fraction of sp³-hybridized carbons (Fsp3) is 0.667. The summed E-state index contributed by atoms with van der Waals surface area (Å²) in [5.41, 5.74) is 5.80. The van der Waals surface area contributed by atoms with Crippen LogP contribution in [0.5, 0.6) is 0 Å². The van der Waals surface area contributed by atoms with Gasteiger partial charge in [-0.15, -0.1) is 0 Å². The lowest BCUT2D eigenvalue weighted by molar-refractivity contribution is 0.0299. The summed E-state index contributed by atoms with van der Waals surface area (Å²) < 4.78 is 5.71.